The summed E-state index contributed by atoms with van der Waals surface area (Å²) < 4.78 is 5.00. The molecule has 0 spiro atoms. The van der Waals surface area contributed by atoms with Crippen LogP contribution >= 0.6 is 23.2 Å². The second-order valence-electron chi connectivity index (χ2n) is 4.28. The van der Waals surface area contributed by atoms with Crippen LogP contribution in [0.25, 0.3) is 11.1 Å². The lowest BCUT2D eigenvalue weighted by Gasteiger charge is -2.09. The van der Waals surface area contributed by atoms with Crippen LogP contribution in [0.5, 0.6) is 0 Å². The maximum absolute atomic E-state index is 11.1. The third-order valence-electron chi connectivity index (χ3n) is 2.95. The molecule has 0 amide bonds. The number of benzene rings is 2. The number of nitrogens with one attached hydrogen (secondary N) is 2. The van der Waals surface area contributed by atoms with E-state index in [1.54, 1.807) is 30.3 Å². The van der Waals surface area contributed by atoms with Crippen LogP contribution in [0.15, 0.2) is 45.6 Å². The number of hydrogen-bond donors (Lipinski definition) is 2. The molecule has 4 nitrogen and oxygen atoms in total. The first kappa shape index (κ1) is 13.1. The normalized spacial score (nSPS) is 10.9. The van der Waals surface area contributed by atoms with Gasteiger partial charge in [-0.15, -0.1) is 0 Å². The van der Waals surface area contributed by atoms with Crippen molar-refractivity contribution in [3.63, 3.8) is 0 Å². The lowest BCUT2D eigenvalue weighted by Crippen LogP contribution is -2.00. The Labute approximate surface area is 124 Å². The van der Waals surface area contributed by atoms with Crippen LogP contribution in [0.1, 0.15) is 5.56 Å². The van der Waals surface area contributed by atoms with E-state index in [0.717, 1.165) is 11.3 Å². The summed E-state index contributed by atoms with van der Waals surface area (Å²) in [6.07, 6.45) is 0. The van der Waals surface area contributed by atoms with Crippen molar-refractivity contribution in [3.05, 3.63) is 62.6 Å². The van der Waals surface area contributed by atoms with Gasteiger partial charge in [-0.3, -0.25) is 4.98 Å². The van der Waals surface area contributed by atoms with Crippen LogP contribution in [-0.2, 0) is 6.54 Å². The SMILES string of the molecule is O=c1[nH]c2ccc(NCc3c(Cl)cccc3Cl)cc2o1. The van der Waals surface area contributed by atoms with Gasteiger partial charge in [-0.25, -0.2) is 4.79 Å². The number of aromatic nitrogens is 1. The van der Waals surface area contributed by atoms with Crippen LogP contribution in [0.2, 0.25) is 10.0 Å². The summed E-state index contributed by atoms with van der Waals surface area (Å²) in [5, 5.41) is 4.42. The third-order valence-corrected chi connectivity index (χ3v) is 3.66. The van der Waals surface area contributed by atoms with E-state index in [0.29, 0.717) is 27.7 Å². The molecule has 0 fully saturated rings. The maximum atomic E-state index is 11.1. The molecule has 1 heterocycles. The van der Waals surface area contributed by atoms with Gasteiger partial charge in [-0.2, -0.15) is 0 Å². The van der Waals surface area contributed by atoms with Crippen molar-refractivity contribution in [2.75, 3.05) is 5.32 Å². The average molecular weight is 309 g/mol. The zero-order valence-electron chi connectivity index (χ0n) is 10.2. The molecule has 2 aromatic carbocycles. The number of halogens is 2. The predicted molar refractivity (Wildman–Crippen MR) is 80.6 cm³/mol. The van der Waals surface area contributed by atoms with E-state index in [2.05, 4.69) is 10.3 Å². The number of H-pyrrole nitrogens is 1. The molecule has 3 aromatic rings. The lowest BCUT2D eigenvalue weighted by molar-refractivity contribution is 0.555. The molecule has 6 heteroatoms. The van der Waals surface area contributed by atoms with E-state index in [-0.39, 0.29) is 0 Å². The van der Waals surface area contributed by atoms with Crippen molar-refractivity contribution in [2.24, 2.45) is 0 Å². The smallest absolute Gasteiger partial charge is 0.408 e. The molecule has 0 aliphatic heterocycles. The van der Waals surface area contributed by atoms with Crippen LogP contribution in [-0.4, -0.2) is 4.98 Å². The van der Waals surface area contributed by atoms with Crippen molar-refractivity contribution >= 4 is 40.0 Å². The Morgan fingerprint density at radius 1 is 1.15 bits per heavy atom. The Hall–Kier alpha value is -1.91. The van der Waals surface area contributed by atoms with Crippen molar-refractivity contribution in [1.82, 2.24) is 4.98 Å². The zero-order chi connectivity index (χ0) is 14.1. The number of aromatic amines is 1. The maximum Gasteiger partial charge on any atom is 0.417 e. The molecule has 102 valence electrons. The quantitative estimate of drug-likeness (QED) is 0.767. The van der Waals surface area contributed by atoms with E-state index >= 15 is 0 Å². The second-order valence-corrected chi connectivity index (χ2v) is 5.09. The molecule has 1 aromatic heterocycles. The van der Waals surface area contributed by atoms with Crippen molar-refractivity contribution in [3.8, 4) is 0 Å². The van der Waals surface area contributed by atoms with Gasteiger partial charge in [0.1, 0.15) is 0 Å². The molecule has 0 unspecified atom stereocenters. The number of hydrogen-bond acceptors (Lipinski definition) is 3. The fraction of sp³-hybridized carbons (Fsp3) is 0.0714. The molecule has 20 heavy (non-hydrogen) atoms. The summed E-state index contributed by atoms with van der Waals surface area (Å²) in [5.41, 5.74) is 2.81. The minimum absolute atomic E-state index is 0.466. The first-order chi connectivity index (χ1) is 9.63. The number of oxazole rings is 1. The predicted octanol–water partition coefficient (Wildman–Crippen LogP) is 4.04. The first-order valence-corrected chi connectivity index (χ1v) is 6.69. The van der Waals surface area contributed by atoms with Crippen LogP contribution in [0.4, 0.5) is 5.69 Å². The molecule has 2 N–H and O–H groups in total. The summed E-state index contributed by atoms with van der Waals surface area (Å²) in [7, 11) is 0. The highest BCUT2D eigenvalue weighted by Gasteiger charge is 2.06. The summed E-state index contributed by atoms with van der Waals surface area (Å²) >= 11 is 12.2. The second kappa shape index (κ2) is 5.23. The molecule has 3 rings (SSSR count). The van der Waals surface area contributed by atoms with Gasteiger partial charge in [0.25, 0.3) is 0 Å². The molecule has 0 aliphatic rings. The minimum atomic E-state index is -0.466. The van der Waals surface area contributed by atoms with Gasteiger partial charge in [0.2, 0.25) is 0 Å². The van der Waals surface area contributed by atoms with Crippen LogP contribution in [0, 0.1) is 0 Å². The van der Waals surface area contributed by atoms with Crippen molar-refractivity contribution in [2.45, 2.75) is 6.54 Å². The summed E-state index contributed by atoms with van der Waals surface area (Å²) in [4.78, 5) is 13.7. The number of anilines is 1. The Balaban J connectivity index is 1.84. The third kappa shape index (κ3) is 2.53. The highest BCUT2D eigenvalue weighted by Crippen LogP contribution is 2.25. The van der Waals surface area contributed by atoms with Gasteiger partial charge in [0.15, 0.2) is 5.58 Å². The summed E-state index contributed by atoms with van der Waals surface area (Å²) in [5.74, 6) is -0.466. The monoisotopic (exact) mass is 308 g/mol. The van der Waals surface area contributed by atoms with Gasteiger partial charge < -0.3 is 9.73 Å². The van der Waals surface area contributed by atoms with E-state index in [4.69, 9.17) is 27.6 Å². The van der Waals surface area contributed by atoms with E-state index in [1.165, 1.54) is 0 Å². The van der Waals surface area contributed by atoms with Gasteiger partial charge in [-0.1, -0.05) is 29.3 Å². The standard InChI is InChI=1S/C14H10Cl2N2O2/c15-10-2-1-3-11(16)9(10)7-17-8-4-5-12-13(6-8)20-14(19)18-12/h1-6,17H,7H2,(H,18,19). The van der Waals surface area contributed by atoms with Gasteiger partial charge in [-0.05, 0) is 24.3 Å². The number of fused-ring (bicyclic) bond motifs is 1. The molecule has 0 atom stereocenters. The fourth-order valence-corrected chi connectivity index (χ4v) is 2.48. The van der Waals surface area contributed by atoms with Crippen molar-refractivity contribution < 1.29 is 4.42 Å². The van der Waals surface area contributed by atoms with Crippen LogP contribution in [0.3, 0.4) is 0 Å². The first-order valence-electron chi connectivity index (χ1n) is 5.93. The lowest BCUT2D eigenvalue weighted by atomic mass is 10.2. The van der Waals surface area contributed by atoms with Gasteiger partial charge >= 0.3 is 5.76 Å². The number of rotatable bonds is 3. The summed E-state index contributed by atoms with van der Waals surface area (Å²) in [6.45, 7) is 0.485. The van der Waals surface area contributed by atoms with Crippen LogP contribution < -0.4 is 11.1 Å². The fourth-order valence-electron chi connectivity index (χ4n) is 1.95. The molecule has 0 bridgehead atoms. The highest BCUT2D eigenvalue weighted by atomic mass is 35.5. The minimum Gasteiger partial charge on any atom is -0.408 e. The molecular weight excluding hydrogens is 299 g/mol. The van der Waals surface area contributed by atoms with E-state index in [1.807, 2.05) is 6.07 Å². The Kier molecular flexibility index (Phi) is 3.42. The van der Waals surface area contributed by atoms with Gasteiger partial charge in [0.05, 0.1) is 5.52 Å². The Morgan fingerprint density at radius 2 is 1.90 bits per heavy atom. The van der Waals surface area contributed by atoms with E-state index < -0.39 is 5.76 Å². The molecular formula is C14H10Cl2N2O2. The molecule has 0 radical (unpaired) electrons. The largest absolute Gasteiger partial charge is 0.417 e. The summed E-state index contributed by atoms with van der Waals surface area (Å²) in [6, 6.07) is 10.7. The Bertz CT molecular complexity index is 803. The average Bonchev–Trinajstić information content (AvgIpc) is 2.77. The molecule has 0 saturated heterocycles. The van der Waals surface area contributed by atoms with E-state index in [9.17, 15) is 4.79 Å². The zero-order valence-corrected chi connectivity index (χ0v) is 11.8. The Morgan fingerprint density at radius 3 is 2.65 bits per heavy atom. The van der Waals surface area contributed by atoms with Gasteiger partial charge in [0, 0.05) is 33.9 Å². The van der Waals surface area contributed by atoms with Crippen molar-refractivity contribution in [1.29, 1.82) is 0 Å². The topological polar surface area (TPSA) is 58.0 Å². The molecule has 0 aliphatic carbocycles. The highest BCUT2D eigenvalue weighted by molar-refractivity contribution is 6.36. The molecule has 0 saturated carbocycles.